The molecule has 0 amide bonds. The maximum absolute atomic E-state index is 13.4. The van der Waals surface area contributed by atoms with Crippen LogP contribution in [0.15, 0.2) is 47.6 Å². The Kier molecular flexibility index (Phi) is 4.71. The van der Waals surface area contributed by atoms with E-state index in [0.29, 0.717) is 12.2 Å². The topological polar surface area (TPSA) is 67.8 Å². The zero-order chi connectivity index (χ0) is 15.2. The fourth-order valence-electron chi connectivity index (χ4n) is 1.76. The largest absolute Gasteiger partial charge is 0.489 e. The fraction of sp³-hybridized carbons (Fsp3) is 0.133. The van der Waals surface area contributed by atoms with Crippen LogP contribution >= 0.6 is 0 Å². The number of halogens is 2. The van der Waals surface area contributed by atoms with Crippen molar-refractivity contribution in [3.05, 3.63) is 65.2 Å². The van der Waals surface area contributed by atoms with Gasteiger partial charge in [0.05, 0.1) is 0 Å². The summed E-state index contributed by atoms with van der Waals surface area (Å²) in [6, 6.07) is 10.1. The number of nitrogens with two attached hydrogens (primary N) is 1. The zero-order valence-corrected chi connectivity index (χ0v) is 11.1. The van der Waals surface area contributed by atoms with E-state index in [1.807, 2.05) is 0 Å². The molecule has 0 aromatic heterocycles. The van der Waals surface area contributed by atoms with Crippen molar-refractivity contribution < 1.29 is 18.7 Å². The Morgan fingerprint density at radius 2 is 1.86 bits per heavy atom. The van der Waals surface area contributed by atoms with Crippen molar-refractivity contribution in [3.8, 4) is 5.75 Å². The molecule has 0 spiro atoms. The first-order chi connectivity index (χ1) is 10.1. The van der Waals surface area contributed by atoms with E-state index >= 15 is 0 Å². The molecule has 0 aliphatic heterocycles. The van der Waals surface area contributed by atoms with E-state index in [1.54, 1.807) is 24.3 Å². The van der Waals surface area contributed by atoms with Crippen LogP contribution in [0, 0.1) is 11.6 Å². The fourth-order valence-corrected chi connectivity index (χ4v) is 1.76. The number of nitrogens with zero attached hydrogens (tertiary/aromatic N) is 1. The molecule has 2 aromatic rings. The Morgan fingerprint density at radius 1 is 1.14 bits per heavy atom. The first kappa shape index (κ1) is 14.8. The summed E-state index contributed by atoms with van der Waals surface area (Å²) in [5, 5.41) is 11.4. The number of oxime groups is 1. The monoisotopic (exact) mass is 292 g/mol. The summed E-state index contributed by atoms with van der Waals surface area (Å²) < 4.78 is 31.8. The van der Waals surface area contributed by atoms with Crippen LogP contribution < -0.4 is 10.5 Å². The lowest BCUT2D eigenvalue weighted by atomic mass is 10.1. The van der Waals surface area contributed by atoms with Gasteiger partial charge in [-0.2, -0.15) is 0 Å². The quantitative estimate of drug-likeness (QED) is 0.385. The molecule has 0 bridgehead atoms. The normalized spacial score (nSPS) is 11.4. The van der Waals surface area contributed by atoms with Gasteiger partial charge in [-0.3, -0.25) is 0 Å². The molecule has 0 aliphatic carbocycles. The van der Waals surface area contributed by atoms with Gasteiger partial charge in [0.2, 0.25) is 0 Å². The highest BCUT2D eigenvalue weighted by molar-refractivity contribution is 5.82. The first-order valence-electron chi connectivity index (χ1n) is 6.20. The summed E-state index contributed by atoms with van der Waals surface area (Å²) >= 11 is 0. The molecule has 21 heavy (non-hydrogen) atoms. The standard InChI is InChI=1S/C15H14F2N2O2/c16-12-3-6-14(17)11(8-12)9-21-13-4-1-10(2-5-13)7-15(18)19-20/h1-6,8,20H,7,9H2,(H2,18,19). The molecule has 0 heterocycles. The minimum Gasteiger partial charge on any atom is -0.489 e. The summed E-state index contributed by atoms with van der Waals surface area (Å²) in [6.45, 7) is -0.0663. The Hall–Kier alpha value is -2.63. The van der Waals surface area contributed by atoms with Crippen LogP contribution in [0.4, 0.5) is 8.78 Å². The van der Waals surface area contributed by atoms with Gasteiger partial charge in [0.25, 0.3) is 0 Å². The zero-order valence-electron chi connectivity index (χ0n) is 11.1. The van der Waals surface area contributed by atoms with Crippen LogP contribution in [0.5, 0.6) is 5.75 Å². The van der Waals surface area contributed by atoms with Crippen LogP contribution in [-0.2, 0) is 13.0 Å². The van der Waals surface area contributed by atoms with Crippen LogP contribution in [0.1, 0.15) is 11.1 Å². The lowest BCUT2D eigenvalue weighted by Crippen LogP contribution is -2.14. The van der Waals surface area contributed by atoms with Gasteiger partial charge in [-0.05, 0) is 35.9 Å². The Balaban J connectivity index is 1.99. The molecule has 0 saturated carbocycles. The molecule has 0 saturated heterocycles. The molecule has 0 aliphatic rings. The molecule has 2 rings (SSSR count). The molecule has 4 nitrogen and oxygen atoms in total. The number of ether oxygens (including phenoxy) is 1. The first-order valence-corrected chi connectivity index (χ1v) is 6.20. The predicted octanol–water partition coefficient (Wildman–Crippen LogP) is 2.83. The summed E-state index contributed by atoms with van der Waals surface area (Å²) in [5.74, 6) is -0.406. The van der Waals surface area contributed by atoms with Crippen LogP contribution in [0.3, 0.4) is 0 Å². The lowest BCUT2D eigenvalue weighted by Gasteiger charge is -2.08. The highest BCUT2D eigenvalue weighted by Crippen LogP contribution is 2.16. The molecule has 0 fully saturated rings. The van der Waals surface area contributed by atoms with Gasteiger partial charge in [0, 0.05) is 12.0 Å². The highest BCUT2D eigenvalue weighted by Gasteiger charge is 2.05. The third-order valence-electron chi connectivity index (χ3n) is 2.84. The van der Waals surface area contributed by atoms with Gasteiger partial charge in [-0.1, -0.05) is 17.3 Å². The Bertz CT molecular complexity index is 643. The van der Waals surface area contributed by atoms with Gasteiger partial charge >= 0.3 is 0 Å². The molecule has 110 valence electrons. The van der Waals surface area contributed by atoms with E-state index in [9.17, 15) is 8.78 Å². The average molecular weight is 292 g/mol. The number of benzene rings is 2. The van der Waals surface area contributed by atoms with Gasteiger partial charge < -0.3 is 15.7 Å². The van der Waals surface area contributed by atoms with E-state index in [0.717, 1.165) is 23.8 Å². The highest BCUT2D eigenvalue weighted by atomic mass is 19.1. The lowest BCUT2D eigenvalue weighted by molar-refractivity contribution is 0.299. The summed E-state index contributed by atoms with van der Waals surface area (Å²) in [5.41, 5.74) is 6.39. The number of hydrogen-bond acceptors (Lipinski definition) is 3. The Morgan fingerprint density at radius 3 is 2.52 bits per heavy atom. The van der Waals surface area contributed by atoms with Crippen molar-refractivity contribution in [1.29, 1.82) is 0 Å². The second-order valence-corrected chi connectivity index (χ2v) is 4.44. The van der Waals surface area contributed by atoms with Gasteiger partial charge in [0.1, 0.15) is 29.8 Å². The second kappa shape index (κ2) is 6.69. The number of amidine groups is 1. The van der Waals surface area contributed by atoms with Crippen molar-refractivity contribution >= 4 is 5.84 Å². The van der Waals surface area contributed by atoms with Crippen molar-refractivity contribution in [2.45, 2.75) is 13.0 Å². The average Bonchev–Trinajstić information content (AvgIpc) is 2.49. The van der Waals surface area contributed by atoms with Crippen molar-refractivity contribution in [3.63, 3.8) is 0 Å². The molecular weight excluding hydrogens is 278 g/mol. The van der Waals surface area contributed by atoms with Gasteiger partial charge in [-0.15, -0.1) is 0 Å². The van der Waals surface area contributed by atoms with Gasteiger partial charge in [-0.25, -0.2) is 8.78 Å². The molecule has 0 radical (unpaired) electrons. The SMILES string of the molecule is N/C(Cc1ccc(OCc2cc(F)ccc2F)cc1)=N/O. The van der Waals surface area contributed by atoms with Crippen molar-refractivity contribution in [1.82, 2.24) is 0 Å². The summed E-state index contributed by atoms with van der Waals surface area (Å²) in [7, 11) is 0. The molecule has 2 aromatic carbocycles. The van der Waals surface area contributed by atoms with Crippen LogP contribution in [0.25, 0.3) is 0 Å². The predicted molar refractivity (Wildman–Crippen MR) is 74.2 cm³/mol. The third-order valence-corrected chi connectivity index (χ3v) is 2.84. The minimum atomic E-state index is -0.514. The van der Waals surface area contributed by atoms with Crippen LogP contribution in [-0.4, -0.2) is 11.0 Å². The number of rotatable bonds is 5. The van der Waals surface area contributed by atoms with Crippen molar-refractivity contribution in [2.75, 3.05) is 0 Å². The number of hydrogen-bond donors (Lipinski definition) is 2. The smallest absolute Gasteiger partial charge is 0.143 e. The van der Waals surface area contributed by atoms with E-state index in [1.165, 1.54) is 0 Å². The third kappa shape index (κ3) is 4.17. The van der Waals surface area contributed by atoms with E-state index < -0.39 is 11.6 Å². The van der Waals surface area contributed by atoms with Crippen molar-refractivity contribution in [2.24, 2.45) is 10.9 Å². The maximum atomic E-state index is 13.4. The molecule has 3 N–H and O–H groups in total. The Labute approximate surface area is 120 Å². The maximum Gasteiger partial charge on any atom is 0.143 e. The summed E-state index contributed by atoms with van der Waals surface area (Å²) in [4.78, 5) is 0. The minimum absolute atomic E-state index is 0.0663. The second-order valence-electron chi connectivity index (χ2n) is 4.44. The van der Waals surface area contributed by atoms with E-state index in [-0.39, 0.29) is 18.0 Å². The summed E-state index contributed by atoms with van der Waals surface area (Å²) in [6.07, 6.45) is 0.315. The molecule has 0 unspecified atom stereocenters. The van der Waals surface area contributed by atoms with Gasteiger partial charge in [0.15, 0.2) is 0 Å². The molecular formula is C15H14F2N2O2. The van der Waals surface area contributed by atoms with E-state index in [2.05, 4.69) is 5.16 Å². The molecule has 0 atom stereocenters. The van der Waals surface area contributed by atoms with Crippen LogP contribution in [0.2, 0.25) is 0 Å². The van der Waals surface area contributed by atoms with E-state index in [4.69, 9.17) is 15.7 Å². The molecule has 6 heteroatoms.